The van der Waals surface area contributed by atoms with Crippen LogP contribution in [0.1, 0.15) is 19.5 Å². The number of fused-ring (bicyclic) bond motifs is 1. The molecule has 0 bridgehead atoms. The minimum atomic E-state index is 0.637. The maximum Gasteiger partial charge on any atom is 0.113 e. The number of hydrogen-bond donors (Lipinski definition) is 0. The maximum absolute atomic E-state index is 5.62. The van der Waals surface area contributed by atoms with Gasteiger partial charge in [0.05, 0.1) is 5.52 Å². The topological polar surface area (TPSA) is 12.9 Å². The van der Waals surface area contributed by atoms with Gasteiger partial charge in [-0.25, -0.2) is 4.98 Å². The minimum Gasteiger partial charge on any atom is -0.239 e. The summed E-state index contributed by atoms with van der Waals surface area (Å²) in [4.78, 5) is 4.24. The van der Waals surface area contributed by atoms with Gasteiger partial charge in [-0.1, -0.05) is 43.4 Å². The number of pyridine rings is 1. The monoisotopic (exact) mass is 193 g/mol. The largest absolute Gasteiger partial charge is 0.239 e. The second-order valence-electron chi connectivity index (χ2n) is 2.79. The Labute approximate surface area is 91.9 Å². The molecule has 0 spiro atoms. The summed E-state index contributed by atoms with van der Waals surface area (Å²) in [7, 11) is 5.62. The summed E-state index contributed by atoms with van der Waals surface area (Å²) < 4.78 is 0. The van der Waals surface area contributed by atoms with Gasteiger partial charge in [-0.05, 0) is 12.1 Å². The van der Waals surface area contributed by atoms with Crippen molar-refractivity contribution in [3.05, 3.63) is 36.0 Å². The third kappa shape index (κ3) is 2.60. The summed E-state index contributed by atoms with van der Waals surface area (Å²) in [5.41, 5.74) is 2.18. The van der Waals surface area contributed by atoms with Crippen LogP contribution in [0.25, 0.3) is 10.9 Å². The molecule has 1 aromatic carbocycles. The van der Waals surface area contributed by atoms with Crippen molar-refractivity contribution < 1.29 is 0 Å². The lowest BCUT2D eigenvalue weighted by Gasteiger charge is -1.98. The molecule has 2 rings (SSSR count). The Hall–Kier alpha value is -1.75. The van der Waals surface area contributed by atoms with Crippen LogP contribution in [-0.4, -0.2) is 12.8 Å². The molecular formula is C13H12BN. The molecule has 2 aromatic rings. The van der Waals surface area contributed by atoms with Crippen molar-refractivity contribution in [3.8, 4) is 12.3 Å². The zero-order valence-electron chi connectivity index (χ0n) is 8.99. The SMILES string of the molecule is CC.[B]c1ccc2ccc(C#C)nc2c1. The van der Waals surface area contributed by atoms with Crippen molar-refractivity contribution in [1.82, 2.24) is 4.98 Å². The normalized spacial score (nSPS) is 8.87. The molecule has 0 amide bonds. The Morgan fingerprint density at radius 1 is 1.20 bits per heavy atom. The molecule has 15 heavy (non-hydrogen) atoms. The second-order valence-corrected chi connectivity index (χ2v) is 2.79. The molecular weight excluding hydrogens is 181 g/mol. The van der Waals surface area contributed by atoms with Crippen LogP contribution in [0.5, 0.6) is 0 Å². The molecule has 2 heteroatoms. The third-order valence-electron chi connectivity index (χ3n) is 1.86. The van der Waals surface area contributed by atoms with E-state index in [-0.39, 0.29) is 0 Å². The van der Waals surface area contributed by atoms with E-state index in [0.717, 1.165) is 10.9 Å². The first-order chi connectivity index (χ1) is 7.29. The van der Waals surface area contributed by atoms with Crippen LogP contribution in [-0.2, 0) is 0 Å². The van der Waals surface area contributed by atoms with Gasteiger partial charge in [0.2, 0.25) is 0 Å². The Morgan fingerprint density at radius 3 is 2.53 bits per heavy atom. The zero-order valence-corrected chi connectivity index (χ0v) is 8.99. The van der Waals surface area contributed by atoms with Gasteiger partial charge >= 0.3 is 0 Å². The summed E-state index contributed by atoms with van der Waals surface area (Å²) in [6, 6.07) is 9.35. The van der Waals surface area contributed by atoms with Crippen LogP contribution in [0, 0.1) is 12.3 Å². The van der Waals surface area contributed by atoms with E-state index in [2.05, 4.69) is 10.9 Å². The molecule has 0 aliphatic heterocycles. The van der Waals surface area contributed by atoms with E-state index in [1.807, 2.05) is 44.2 Å². The molecule has 0 aliphatic carbocycles. The predicted octanol–water partition coefficient (Wildman–Crippen LogP) is 2.04. The van der Waals surface area contributed by atoms with Gasteiger partial charge in [-0.2, -0.15) is 0 Å². The smallest absolute Gasteiger partial charge is 0.113 e. The summed E-state index contributed by atoms with van der Waals surface area (Å²) >= 11 is 0. The lowest BCUT2D eigenvalue weighted by atomic mass is 9.95. The number of rotatable bonds is 0. The highest BCUT2D eigenvalue weighted by Gasteiger charge is 1.95. The Balaban J connectivity index is 0.000000531. The van der Waals surface area contributed by atoms with Crippen LogP contribution < -0.4 is 5.46 Å². The lowest BCUT2D eigenvalue weighted by Crippen LogP contribution is -2.00. The van der Waals surface area contributed by atoms with Crippen molar-refractivity contribution in [2.75, 3.05) is 0 Å². The van der Waals surface area contributed by atoms with Crippen LogP contribution in [0.4, 0.5) is 0 Å². The van der Waals surface area contributed by atoms with Gasteiger partial charge in [0.1, 0.15) is 13.5 Å². The zero-order chi connectivity index (χ0) is 11.3. The van der Waals surface area contributed by atoms with Crippen LogP contribution in [0.15, 0.2) is 30.3 Å². The second kappa shape index (κ2) is 5.21. The highest BCUT2D eigenvalue weighted by atomic mass is 14.7. The first kappa shape index (κ1) is 11.3. The molecule has 0 saturated carbocycles. The Kier molecular flexibility index (Phi) is 3.94. The van der Waals surface area contributed by atoms with Crippen molar-refractivity contribution in [2.24, 2.45) is 0 Å². The van der Waals surface area contributed by atoms with Crippen molar-refractivity contribution >= 4 is 24.2 Å². The van der Waals surface area contributed by atoms with Crippen molar-refractivity contribution in [3.63, 3.8) is 0 Å². The Bertz CT molecular complexity index is 497. The van der Waals surface area contributed by atoms with Gasteiger partial charge in [0.25, 0.3) is 0 Å². The average molecular weight is 193 g/mol. The van der Waals surface area contributed by atoms with Crippen LogP contribution in [0.2, 0.25) is 0 Å². The quantitative estimate of drug-likeness (QED) is 0.460. The first-order valence-electron chi connectivity index (χ1n) is 4.92. The fourth-order valence-corrected chi connectivity index (χ4v) is 1.21. The van der Waals surface area contributed by atoms with E-state index in [9.17, 15) is 0 Å². The minimum absolute atomic E-state index is 0.637. The van der Waals surface area contributed by atoms with E-state index >= 15 is 0 Å². The van der Waals surface area contributed by atoms with Gasteiger partial charge in [-0.15, -0.1) is 6.42 Å². The van der Waals surface area contributed by atoms with E-state index in [1.165, 1.54) is 0 Å². The molecule has 0 unspecified atom stereocenters. The number of benzene rings is 1. The number of hydrogen-bond acceptors (Lipinski definition) is 1. The molecule has 1 aromatic heterocycles. The molecule has 72 valence electrons. The van der Waals surface area contributed by atoms with E-state index < -0.39 is 0 Å². The number of terminal acetylenes is 1. The average Bonchev–Trinajstić information content (AvgIpc) is 2.30. The van der Waals surface area contributed by atoms with E-state index in [4.69, 9.17) is 14.3 Å². The van der Waals surface area contributed by atoms with Gasteiger partial charge < -0.3 is 0 Å². The van der Waals surface area contributed by atoms with Gasteiger partial charge in [-0.3, -0.25) is 0 Å². The van der Waals surface area contributed by atoms with Crippen molar-refractivity contribution in [2.45, 2.75) is 13.8 Å². The highest BCUT2D eigenvalue weighted by molar-refractivity contribution is 6.33. The summed E-state index contributed by atoms with van der Waals surface area (Å²) in [5.74, 6) is 2.49. The third-order valence-corrected chi connectivity index (χ3v) is 1.86. The van der Waals surface area contributed by atoms with Crippen LogP contribution >= 0.6 is 0 Å². The molecule has 1 heterocycles. The number of nitrogens with zero attached hydrogens (tertiary/aromatic N) is 1. The fraction of sp³-hybridized carbons (Fsp3) is 0.154. The summed E-state index contributed by atoms with van der Waals surface area (Å²) in [6.45, 7) is 4.00. The lowest BCUT2D eigenvalue weighted by molar-refractivity contribution is 1.37. The summed E-state index contributed by atoms with van der Waals surface area (Å²) in [5, 5.41) is 1.05. The molecule has 0 fully saturated rings. The van der Waals surface area contributed by atoms with Gasteiger partial charge in [0, 0.05) is 5.39 Å². The molecule has 1 nitrogen and oxygen atoms in total. The maximum atomic E-state index is 5.62. The van der Waals surface area contributed by atoms with E-state index in [1.54, 1.807) is 0 Å². The standard InChI is InChI=1S/C11H6BN.C2H6/c1-2-10-6-4-8-3-5-9(12)7-11(8)13-10;1-2/h1,3-7H;1-2H3. The first-order valence-corrected chi connectivity index (χ1v) is 4.92. The van der Waals surface area contributed by atoms with Gasteiger partial charge in [0.15, 0.2) is 0 Å². The predicted molar refractivity (Wildman–Crippen MR) is 66.4 cm³/mol. The highest BCUT2D eigenvalue weighted by Crippen LogP contribution is 2.09. The molecule has 0 atom stereocenters. The van der Waals surface area contributed by atoms with Crippen molar-refractivity contribution in [1.29, 1.82) is 0 Å². The Morgan fingerprint density at radius 2 is 1.87 bits per heavy atom. The molecule has 0 aliphatic rings. The molecule has 0 saturated heterocycles. The summed E-state index contributed by atoms with van der Waals surface area (Å²) in [6.07, 6.45) is 5.24. The van der Waals surface area contributed by atoms with Crippen LogP contribution in [0.3, 0.4) is 0 Å². The fourth-order valence-electron chi connectivity index (χ4n) is 1.21. The number of aromatic nitrogens is 1. The molecule has 0 N–H and O–H groups in total. The molecule has 2 radical (unpaired) electrons. The van der Waals surface area contributed by atoms with E-state index in [0.29, 0.717) is 11.2 Å².